The first-order valence-corrected chi connectivity index (χ1v) is 6.54. The van der Waals surface area contributed by atoms with Gasteiger partial charge in [-0.1, -0.05) is 0 Å². The van der Waals surface area contributed by atoms with Gasteiger partial charge in [0.1, 0.15) is 4.83 Å². The topological polar surface area (TPSA) is 37.8 Å². The van der Waals surface area contributed by atoms with Gasteiger partial charge in [-0.2, -0.15) is 0 Å². The molecule has 3 nitrogen and oxygen atoms in total. The second-order valence-corrected chi connectivity index (χ2v) is 5.14. The third-order valence-electron chi connectivity index (χ3n) is 2.68. The van der Waals surface area contributed by atoms with E-state index in [2.05, 4.69) is 4.98 Å². The van der Waals surface area contributed by atoms with Crippen LogP contribution < -0.4 is 5.56 Å². The molecule has 19 heavy (non-hydrogen) atoms. The molecule has 7 heteroatoms. The molecule has 0 saturated heterocycles. The van der Waals surface area contributed by atoms with Crippen molar-refractivity contribution in [3.05, 3.63) is 56.4 Å². The monoisotopic (exact) mass is 296 g/mol. The number of benzene rings is 1. The van der Waals surface area contributed by atoms with Gasteiger partial charge in [0.25, 0.3) is 5.56 Å². The number of fused-ring (bicyclic) bond motifs is 1. The summed E-state index contributed by atoms with van der Waals surface area (Å²) in [6.45, 7) is 0. The minimum Gasteiger partial charge on any atom is -0.323 e. The highest BCUT2D eigenvalue weighted by Crippen LogP contribution is 2.17. The number of nitrogens with one attached hydrogen (secondary N) is 1. The summed E-state index contributed by atoms with van der Waals surface area (Å²) < 4.78 is 27.5. The number of hydrogen-bond donors (Lipinski definition) is 1. The van der Waals surface area contributed by atoms with E-state index < -0.39 is 11.6 Å². The molecular formula is C12H6F2N2OS2. The highest BCUT2D eigenvalue weighted by atomic mass is 32.1. The lowest BCUT2D eigenvalue weighted by molar-refractivity contribution is 0.508. The molecule has 96 valence electrons. The van der Waals surface area contributed by atoms with Crippen LogP contribution in [0.2, 0.25) is 0 Å². The fraction of sp³-hybridized carbons (Fsp3) is 0. The SMILES string of the molecule is O=c1c2ccsc2[nH]c(=S)n1-c1ccc(F)c(F)c1. The van der Waals surface area contributed by atoms with E-state index in [9.17, 15) is 13.6 Å². The average molecular weight is 296 g/mol. The third-order valence-corrected chi connectivity index (χ3v) is 3.80. The maximum atomic E-state index is 13.2. The molecule has 1 N–H and O–H groups in total. The highest BCUT2D eigenvalue weighted by molar-refractivity contribution is 7.71. The Morgan fingerprint density at radius 2 is 2.00 bits per heavy atom. The number of rotatable bonds is 1. The molecule has 0 bridgehead atoms. The molecule has 0 atom stereocenters. The van der Waals surface area contributed by atoms with Crippen LogP contribution in [0.1, 0.15) is 0 Å². The molecule has 0 spiro atoms. The number of halogens is 2. The van der Waals surface area contributed by atoms with E-state index in [0.29, 0.717) is 10.2 Å². The van der Waals surface area contributed by atoms with Crippen molar-refractivity contribution in [3.63, 3.8) is 0 Å². The van der Waals surface area contributed by atoms with Gasteiger partial charge in [0.15, 0.2) is 16.4 Å². The van der Waals surface area contributed by atoms with Gasteiger partial charge in [-0.15, -0.1) is 11.3 Å². The van der Waals surface area contributed by atoms with Gasteiger partial charge in [-0.3, -0.25) is 9.36 Å². The van der Waals surface area contributed by atoms with Gasteiger partial charge >= 0.3 is 0 Å². The molecule has 0 amide bonds. The number of hydrogen-bond acceptors (Lipinski definition) is 3. The molecular weight excluding hydrogens is 290 g/mol. The van der Waals surface area contributed by atoms with Crippen LogP contribution in [0, 0.1) is 16.4 Å². The summed E-state index contributed by atoms with van der Waals surface area (Å²) in [5.41, 5.74) is -0.163. The normalized spacial score (nSPS) is 11.1. The Bertz CT molecular complexity index is 895. The minimum atomic E-state index is -1.02. The van der Waals surface area contributed by atoms with Gasteiger partial charge in [-0.25, -0.2) is 8.78 Å². The van der Waals surface area contributed by atoms with Crippen molar-refractivity contribution in [2.75, 3.05) is 0 Å². The Labute approximate surface area is 114 Å². The minimum absolute atomic E-state index is 0.144. The lowest BCUT2D eigenvalue weighted by atomic mass is 10.3. The quantitative estimate of drug-likeness (QED) is 0.699. The number of aromatic amines is 1. The fourth-order valence-electron chi connectivity index (χ4n) is 1.80. The van der Waals surface area contributed by atoms with Gasteiger partial charge in [-0.05, 0) is 35.8 Å². The maximum Gasteiger partial charge on any atom is 0.267 e. The van der Waals surface area contributed by atoms with Crippen molar-refractivity contribution in [2.24, 2.45) is 0 Å². The van der Waals surface area contributed by atoms with Crippen LogP contribution in [0.3, 0.4) is 0 Å². The van der Waals surface area contributed by atoms with Crippen LogP contribution in [0.4, 0.5) is 8.78 Å². The largest absolute Gasteiger partial charge is 0.323 e. The summed E-state index contributed by atoms with van der Waals surface area (Å²) in [5, 5.41) is 2.22. The Kier molecular flexibility index (Phi) is 2.79. The van der Waals surface area contributed by atoms with E-state index in [-0.39, 0.29) is 16.0 Å². The molecule has 0 aliphatic carbocycles. The van der Waals surface area contributed by atoms with Crippen LogP contribution in [0.25, 0.3) is 15.9 Å². The van der Waals surface area contributed by atoms with Crippen LogP contribution in [-0.2, 0) is 0 Å². The summed E-state index contributed by atoms with van der Waals surface area (Å²) in [6, 6.07) is 4.87. The second kappa shape index (κ2) is 4.36. The number of aromatic nitrogens is 2. The molecule has 1 aromatic carbocycles. The van der Waals surface area contributed by atoms with Crippen LogP contribution in [0.5, 0.6) is 0 Å². The number of nitrogens with zero attached hydrogens (tertiary/aromatic N) is 1. The van der Waals surface area contributed by atoms with E-state index in [1.54, 1.807) is 11.4 Å². The Morgan fingerprint density at radius 1 is 1.21 bits per heavy atom. The third kappa shape index (κ3) is 1.91. The second-order valence-electron chi connectivity index (χ2n) is 3.83. The van der Waals surface area contributed by atoms with Gasteiger partial charge in [0.2, 0.25) is 0 Å². The van der Waals surface area contributed by atoms with Crippen molar-refractivity contribution in [3.8, 4) is 5.69 Å². The van der Waals surface area contributed by atoms with Gasteiger partial charge in [0, 0.05) is 6.07 Å². The van der Waals surface area contributed by atoms with Crippen LogP contribution >= 0.6 is 23.6 Å². The lowest BCUT2D eigenvalue weighted by Gasteiger charge is -2.06. The molecule has 0 aliphatic heterocycles. The smallest absolute Gasteiger partial charge is 0.267 e. The van der Waals surface area contributed by atoms with E-state index in [4.69, 9.17) is 12.2 Å². The van der Waals surface area contributed by atoms with Crippen LogP contribution in [0.15, 0.2) is 34.4 Å². The summed E-state index contributed by atoms with van der Waals surface area (Å²) in [5.74, 6) is -1.99. The van der Waals surface area contributed by atoms with Gasteiger partial charge in [0.05, 0.1) is 11.1 Å². The van der Waals surface area contributed by atoms with Crippen molar-refractivity contribution in [1.29, 1.82) is 0 Å². The Hall–Kier alpha value is -1.86. The summed E-state index contributed by atoms with van der Waals surface area (Å²) in [6.07, 6.45) is 0. The van der Waals surface area contributed by atoms with E-state index in [1.165, 1.54) is 17.4 Å². The van der Waals surface area contributed by atoms with E-state index in [1.807, 2.05) is 0 Å². The number of thiophene rings is 1. The Balaban J connectivity index is 2.38. The standard InChI is InChI=1S/C12H6F2N2OS2/c13-8-2-1-6(5-9(8)14)16-11(17)7-3-4-19-10(7)15-12(16)18/h1-5H,(H,15,18). The first-order valence-electron chi connectivity index (χ1n) is 5.26. The van der Waals surface area contributed by atoms with Crippen molar-refractivity contribution >= 4 is 33.8 Å². The molecule has 0 unspecified atom stereocenters. The summed E-state index contributed by atoms with van der Waals surface area (Å²) in [7, 11) is 0. The molecule has 0 aliphatic rings. The molecule has 3 aromatic rings. The van der Waals surface area contributed by atoms with Crippen molar-refractivity contribution < 1.29 is 8.78 Å². The van der Waals surface area contributed by atoms with E-state index in [0.717, 1.165) is 16.7 Å². The molecule has 2 heterocycles. The number of H-pyrrole nitrogens is 1. The summed E-state index contributed by atoms with van der Waals surface area (Å²) in [4.78, 5) is 15.8. The van der Waals surface area contributed by atoms with Crippen LogP contribution in [-0.4, -0.2) is 9.55 Å². The lowest BCUT2D eigenvalue weighted by Crippen LogP contribution is -2.19. The molecule has 0 radical (unpaired) electrons. The molecule has 0 fully saturated rings. The molecule has 2 aromatic heterocycles. The fourth-order valence-corrected chi connectivity index (χ4v) is 2.93. The first-order chi connectivity index (χ1) is 9.08. The van der Waals surface area contributed by atoms with E-state index >= 15 is 0 Å². The van der Waals surface area contributed by atoms with Crippen molar-refractivity contribution in [2.45, 2.75) is 0 Å². The predicted molar refractivity (Wildman–Crippen MR) is 72.5 cm³/mol. The van der Waals surface area contributed by atoms with Crippen molar-refractivity contribution in [1.82, 2.24) is 9.55 Å². The zero-order valence-electron chi connectivity index (χ0n) is 9.31. The maximum absolute atomic E-state index is 13.2. The zero-order chi connectivity index (χ0) is 13.6. The highest BCUT2D eigenvalue weighted by Gasteiger charge is 2.10. The average Bonchev–Trinajstić information content (AvgIpc) is 2.82. The Morgan fingerprint density at radius 3 is 2.74 bits per heavy atom. The summed E-state index contributed by atoms with van der Waals surface area (Å²) >= 11 is 6.44. The zero-order valence-corrected chi connectivity index (χ0v) is 10.9. The predicted octanol–water partition coefficient (Wildman–Crippen LogP) is 3.39. The molecule has 3 rings (SSSR count). The van der Waals surface area contributed by atoms with Gasteiger partial charge < -0.3 is 4.98 Å². The molecule has 0 saturated carbocycles. The first kappa shape index (κ1) is 12.2.